The van der Waals surface area contributed by atoms with Gasteiger partial charge in [0, 0.05) is 30.4 Å². The summed E-state index contributed by atoms with van der Waals surface area (Å²) in [6.45, 7) is 1.13. The van der Waals surface area contributed by atoms with Crippen LogP contribution in [0.1, 0.15) is 25.3 Å². The number of aromatic nitrogens is 1. The third-order valence-corrected chi connectivity index (χ3v) is 3.50. The number of rotatable bonds is 6. The number of nitrogens with one attached hydrogen (secondary N) is 1. The molecule has 1 atom stereocenters. The lowest BCUT2D eigenvalue weighted by Gasteiger charge is -2.22. The summed E-state index contributed by atoms with van der Waals surface area (Å²) in [6.07, 6.45) is 9.64. The third kappa shape index (κ3) is 3.85. The molecular weight excluding hydrogens is 302 g/mol. The maximum absolute atomic E-state index is 12.7. The first-order valence-electron chi connectivity index (χ1n) is 7.46. The van der Waals surface area contributed by atoms with Crippen LogP contribution in [0.5, 0.6) is 5.88 Å². The van der Waals surface area contributed by atoms with E-state index in [0.29, 0.717) is 5.88 Å². The van der Waals surface area contributed by atoms with Crippen molar-refractivity contribution in [2.45, 2.75) is 31.9 Å². The Morgan fingerprint density at radius 2 is 2.22 bits per heavy atom. The topological polar surface area (TPSA) is 49.8 Å². The number of amidine groups is 1. The summed E-state index contributed by atoms with van der Waals surface area (Å²) < 4.78 is 30.8. The number of allylic oxidation sites excluding steroid dienone is 2. The molecule has 1 aromatic heterocycles. The normalized spacial score (nSPS) is 19.3. The molecule has 0 aromatic carbocycles. The van der Waals surface area contributed by atoms with Crippen molar-refractivity contribution in [3.63, 3.8) is 0 Å². The van der Waals surface area contributed by atoms with Gasteiger partial charge in [-0.3, -0.25) is 5.43 Å². The van der Waals surface area contributed by atoms with Crippen molar-refractivity contribution in [3.05, 3.63) is 48.3 Å². The van der Waals surface area contributed by atoms with Gasteiger partial charge < -0.3 is 9.64 Å². The van der Waals surface area contributed by atoms with Crippen molar-refractivity contribution in [2.24, 2.45) is 5.10 Å². The first kappa shape index (κ1) is 15.5. The standard InChI is InChI=1S/C16H18F2N4O/c1-16(17,18)8-4-10-23-14-7-6-12(11-19-14)15-21-20-13-5-2-3-9-22(13)15/h2-3,5-7,9,11,13,20H,4,8,10H2,1H3. The number of hydrogen-bond donors (Lipinski definition) is 1. The van der Waals surface area contributed by atoms with Crippen LogP contribution in [0, 0.1) is 0 Å². The van der Waals surface area contributed by atoms with Crippen LogP contribution in [0.25, 0.3) is 0 Å². The Labute approximate surface area is 133 Å². The maximum atomic E-state index is 12.7. The smallest absolute Gasteiger partial charge is 0.245 e. The molecule has 0 saturated carbocycles. The molecule has 0 amide bonds. The zero-order valence-electron chi connectivity index (χ0n) is 12.7. The second-order valence-electron chi connectivity index (χ2n) is 5.55. The van der Waals surface area contributed by atoms with E-state index >= 15 is 0 Å². The van der Waals surface area contributed by atoms with Crippen LogP contribution in [0.4, 0.5) is 8.78 Å². The molecule has 1 N–H and O–H groups in total. The maximum Gasteiger partial charge on any atom is 0.245 e. The van der Waals surface area contributed by atoms with Crippen molar-refractivity contribution < 1.29 is 13.5 Å². The third-order valence-electron chi connectivity index (χ3n) is 3.50. The van der Waals surface area contributed by atoms with E-state index in [4.69, 9.17) is 4.74 Å². The van der Waals surface area contributed by atoms with E-state index < -0.39 is 5.92 Å². The van der Waals surface area contributed by atoms with Gasteiger partial charge in [0.05, 0.1) is 6.61 Å². The number of nitrogens with zero attached hydrogens (tertiary/aromatic N) is 3. The fourth-order valence-electron chi connectivity index (χ4n) is 2.36. The van der Waals surface area contributed by atoms with Crippen molar-refractivity contribution >= 4 is 5.84 Å². The van der Waals surface area contributed by atoms with Crippen LogP contribution in [-0.2, 0) is 0 Å². The lowest BCUT2D eigenvalue weighted by molar-refractivity contribution is 0.00756. The summed E-state index contributed by atoms with van der Waals surface area (Å²) >= 11 is 0. The van der Waals surface area contributed by atoms with Crippen LogP contribution >= 0.6 is 0 Å². The predicted octanol–water partition coefficient (Wildman–Crippen LogP) is 2.87. The molecule has 5 nitrogen and oxygen atoms in total. The Bertz CT molecular complexity index is 634. The van der Waals surface area contributed by atoms with Crippen LogP contribution in [0.3, 0.4) is 0 Å². The van der Waals surface area contributed by atoms with Gasteiger partial charge in [-0.2, -0.15) is 5.10 Å². The molecule has 122 valence electrons. The van der Waals surface area contributed by atoms with Gasteiger partial charge in [-0.1, -0.05) is 6.08 Å². The fraction of sp³-hybridized carbons (Fsp3) is 0.375. The Hall–Kier alpha value is -2.44. The van der Waals surface area contributed by atoms with Crippen molar-refractivity contribution in [1.82, 2.24) is 15.3 Å². The predicted molar refractivity (Wildman–Crippen MR) is 83.2 cm³/mol. The van der Waals surface area contributed by atoms with Crippen LogP contribution in [-0.4, -0.2) is 34.4 Å². The van der Waals surface area contributed by atoms with Gasteiger partial charge >= 0.3 is 0 Å². The molecule has 0 spiro atoms. The zero-order chi connectivity index (χ0) is 16.3. The number of ether oxygens (including phenoxy) is 1. The van der Waals surface area contributed by atoms with Gasteiger partial charge in [0.1, 0.15) is 6.17 Å². The van der Waals surface area contributed by atoms with Crippen LogP contribution in [0.15, 0.2) is 47.9 Å². The lowest BCUT2D eigenvalue weighted by Crippen LogP contribution is -2.36. The number of pyridine rings is 1. The summed E-state index contributed by atoms with van der Waals surface area (Å²) in [4.78, 5) is 6.21. The van der Waals surface area contributed by atoms with Gasteiger partial charge in [0.15, 0.2) is 5.84 Å². The molecule has 23 heavy (non-hydrogen) atoms. The van der Waals surface area contributed by atoms with E-state index in [0.717, 1.165) is 18.3 Å². The zero-order valence-corrected chi connectivity index (χ0v) is 12.7. The Balaban J connectivity index is 1.56. The van der Waals surface area contributed by atoms with Crippen molar-refractivity contribution in [1.29, 1.82) is 0 Å². The summed E-state index contributed by atoms with van der Waals surface area (Å²) in [6, 6.07) is 3.57. The fourth-order valence-corrected chi connectivity index (χ4v) is 2.36. The van der Waals surface area contributed by atoms with E-state index in [1.165, 1.54) is 0 Å². The van der Waals surface area contributed by atoms with E-state index in [1.54, 1.807) is 12.3 Å². The second-order valence-corrected chi connectivity index (χ2v) is 5.55. The first-order valence-corrected chi connectivity index (χ1v) is 7.46. The summed E-state index contributed by atoms with van der Waals surface area (Å²) in [5.74, 6) is -1.45. The highest BCUT2D eigenvalue weighted by atomic mass is 19.3. The monoisotopic (exact) mass is 320 g/mol. The van der Waals surface area contributed by atoms with Gasteiger partial charge in [0.25, 0.3) is 0 Å². The van der Waals surface area contributed by atoms with Gasteiger partial charge in [-0.05, 0) is 31.6 Å². The number of halogens is 2. The molecule has 0 saturated heterocycles. The molecule has 2 aliphatic heterocycles. The highest BCUT2D eigenvalue weighted by molar-refractivity contribution is 6.00. The molecule has 1 unspecified atom stereocenters. The minimum absolute atomic E-state index is 0.0293. The molecule has 1 aromatic rings. The minimum Gasteiger partial charge on any atom is -0.478 e. The summed E-state index contributed by atoms with van der Waals surface area (Å²) in [5.41, 5.74) is 3.88. The van der Waals surface area contributed by atoms with Crippen LogP contribution in [0.2, 0.25) is 0 Å². The number of hydrazone groups is 1. The quantitative estimate of drug-likeness (QED) is 0.819. The average molecular weight is 320 g/mol. The molecule has 0 radical (unpaired) electrons. The molecule has 0 bridgehead atoms. The molecular formula is C16H18F2N4O. The molecule has 7 heteroatoms. The van der Waals surface area contributed by atoms with E-state index in [2.05, 4.69) is 15.5 Å². The van der Waals surface area contributed by atoms with E-state index in [-0.39, 0.29) is 25.6 Å². The number of fused-ring (bicyclic) bond motifs is 1. The summed E-state index contributed by atoms with van der Waals surface area (Å²) in [5, 5.41) is 4.31. The van der Waals surface area contributed by atoms with Crippen LogP contribution < -0.4 is 10.2 Å². The molecule has 3 rings (SSSR count). The largest absolute Gasteiger partial charge is 0.478 e. The second kappa shape index (κ2) is 6.36. The minimum atomic E-state index is -2.65. The Morgan fingerprint density at radius 1 is 1.35 bits per heavy atom. The highest BCUT2D eigenvalue weighted by Gasteiger charge is 2.26. The Kier molecular flexibility index (Phi) is 4.27. The lowest BCUT2D eigenvalue weighted by atomic mass is 10.2. The van der Waals surface area contributed by atoms with E-state index in [1.807, 2.05) is 35.4 Å². The van der Waals surface area contributed by atoms with Crippen molar-refractivity contribution in [3.8, 4) is 5.88 Å². The van der Waals surface area contributed by atoms with Gasteiger partial charge in [0.2, 0.25) is 11.8 Å². The SMILES string of the molecule is CC(F)(F)CCCOc1ccc(C2=NNC3C=CC=CN23)cn1. The Morgan fingerprint density at radius 3 is 2.96 bits per heavy atom. The molecule has 0 aliphatic carbocycles. The average Bonchev–Trinajstić information content (AvgIpc) is 2.95. The number of hydrogen-bond acceptors (Lipinski definition) is 5. The highest BCUT2D eigenvalue weighted by Crippen LogP contribution is 2.20. The molecule has 3 heterocycles. The summed E-state index contributed by atoms with van der Waals surface area (Å²) in [7, 11) is 0. The first-order chi connectivity index (χ1) is 11.0. The van der Waals surface area contributed by atoms with E-state index in [9.17, 15) is 8.78 Å². The molecule has 0 fully saturated rings. The van der Waals surface area contributed by atoms with Gasteiger partial charge in [-0.15, -0.1) is 0 Å². The van der Waals surface area contributed by atoms with Crippen molar-refractivity contribution in [2.75, 3.05) is 6.61 Å². The number of alkyl halides is 2. The van der Waals surface area contributed by atoms with Gasteiger partial charge in [-0.25, -0.2) is 13.8 Å². The molecule has 2 aliphatic rings.